The van der Waals surface area contributed by atoms with Crippen molar-refractivity contribution in [2.45, 2.75) is 17.8 Å². The highest BCUT2D eigenvalue weighted by Gasteiger charge is 2.19. The van der Waals surface area contributed by atoms with Gasteiger partial charge in [0.15, 0.2) is 0 Å². The van der Waals surface area contributed by atoms with E-state index in [9.17, 15) is 13.9 Å². The van der Waals surface area contributed by atoms with E-state index in [1.807, 2.05) is 0 Å². The summed E-state index contributed by atoms with van der Waals surface area (Å²) >= 11 is 1.11. The van der Waals surface area contributed by atoms with Crippen LogP contribution in [-0.2, 0) is 6.54 Å². The van der Waals surface area contributed by atoms with Crippen molar-refractivity contribution in [3.05, 3.63) is 48.1 Å². The van der Waals surface area contributed by atoms with Gasteiger partial charge < -0.3 is 5.11 Å². The molecule has 0 aliphatic heterocycles. The monoisotopic (exact) mass is 298 g/mol. The average Bonchev–Trinajstić information content (AvgIpc) is 2.84. The van der Waals surface area contributed by atoms with Crippen molar-refractivity contribution in [1.82, 2.24) is 20.2 Å². The summed E-state index contributed by atoms with van der Waals surface area (Å²) in [7, 11) is 0. The number of thioether (sulfide) groups is 1. The standard InChI is InChI=1S/C12H12F2N4OS/c1-2-6-18-12(15-16-17-18)20-7-10(19)11-8(13)4-3-5-9(11)14/h2-5,10,19H,1,6-7H2. The van der Waals surface area contributed by atoms with E-state index >= 15 is 0 Å². The zero-order valence-corrected chi connectivity index (χ0v) is 11.2. The van der Waals surface area contributed by atoms with Gasteiger partial charge in [0.1, 0.15) is 11.6 Å². The second-order valence-electron chi connectivity index (χ2n) is 3.89. The van der Waals surface area contributed by atoms with E-state index in [4.69, 9.17) is 0 Å². The molecule has 0 aliphatic rings. The summed E-state index contributed by atoms with van der Waals surface area (Å²) in [5, 5.41) is 21.3. The molecule has 1 unspecified atom stereocenters. The maximum Gasteiger partial charge on any atom is 0.209 e. The summed E-state index contributed by atoms with van der Waals surface area (Å²) in [6, 6.07) is 3.46. The first-order valence-corrected chi connectivity index (χ1v) is 6.74. The Balaban J connectivity index is 2.07. The third-order valence-corrected chi connectivity index (χ3v) is 3.54. The number of tetrazole rings is 1. The molecule has 20 heavy (non-hydrogen) atoms. The van der Waals surface area contributed by atoms with Crippen molar-refractivity contribution >= 4 is 11.8 Å². The Morgan fingerprint density at radius 3 is 2.75 bits per heavy atom. The van der Waals surface area contributed by atoms with Gasteiger partial charge in [-0.15, -0.1) is 11.7 Å². The van der Waals surface area contributed by atoms with Gasteiger partial charge >= 0.3 is 0 Å². The second kappa shape index (κ2) is 6.58. The lowest BCUT2D eigenvalue weighted by Crippen LogP contribution is -2.08. The smallest absolute Gasteiger partial charge is 0.209 e. The molecule has 1 aromatic heterocycles. The molecule has 1 N–H and O–H groups in total. The van der Waals surface area contributed by atoms with E-state index in [1.165, 1.54) is 10.7 Å². The predicted octanol–water partition coefficient (Wildman–Crippen LogP) is 1.96. The minimum atomic E-state index is -1.28. The molecule has 0 spiro atoms. The molecular weight excluding hydrogens is 286 g/mol. The van der Waals surface area contributed by atoms with Crippen LogP contribution in [0.1, 0.15) is 11.7 Å². The summed E-state index contributed by atoms with van der Waals surface area (Å²) in [4.78, 5) is 0. The molecule has 5 nitrogen and oxygen atoms in total. The Kier molecular flexibility index (Phi) is 4.80. The maximum atomic E-state index is 13.5. The van der Waals surface area contributed by atoms with E-state index in [-0.39, 0.29) is 11.3 Å². The molecule has 1 heterocycles. The van der Waals surface area contributed by atoms with Crippen LogP contribution in [0.25, 0.3) is 0 Å². The van der Waals surface area contributed by atoms with Gasteiger partial charge in [-0.05, 0) is 22.6 Å². The zero-order valence-electron chi connectivity index (χ0n) is 10.4. The van der Waals surface area contributed by atoms with Crippen LogP contribution in [0.3, 0.4) is 0 Å². The molecule has 0 radical (unpaired) electrons. The molecule has 106 valence electrons. The topological polar surface area (TPSA) is 63.8 Å². The van der Waals surface area contributed by atoms with Gasteiger partial charge in [-0.2, -0.15) is 0 Å². The number of rotatable bonds is 6. The normalized spacial score (nSPS) is 12.3. The van der Waals surface area contributed by atoms with Crippen LogP contribution < -0.4 is 0 Å². The fraction of sp³-hybridized carbons (Fsp3) is 0.250. The van der Waals surface area contributed by atoms with Crippen molar-refractivity contribution < 1.29 is 13.9 Å². The number of hydrogen-bond acceptors (Lipinski definition) is 5. The minimum absolute atomic E-state index is 0.0371. The van der Waals surface area contributed by atoms with Crippen LogP contribution in [0.5, 0.6) is 0 Å². The number of aliphatic hydroxyl groups excluding tert-OH is 1. The fourth-order valence-electron chi connectivity index (χ4n) is 1.60. The first-order chi connectivity index (χ1) is 9.63. The number of allylic oxidation sites excluding steroid dienone is 1. The molecule has 0 fully saturated rings. The molecule has 2 rings (SSSR count). The number of halogens is 2. The SMILES string of the molecule is C=CCn1nnnc1SCC(O)c1c(F)cccc1F. The lowest BCUT2D eigenvalue weighted by atomic mass is 10.1. The lowest BCUT2D eigenvalue weighted by molar-refractivity contribution is 0.193. The minimum Gasteiger partial charge on any atom is -0.387 e. The van der Waals surface area contributed by atoms with Gasteiger partial charge in [0.05, 0.1) is 18.2 Å². The summed E-state index contributed by atoms with van der Waals surface area (Å²) in [6.45, 7) is 3.98. The molecule has 1 aromatic carbocycles. The summed E-state index contributed by atoms with van der Waals surface area (Å²) in [5.41, 5.74) is -0.345. The van der Waals surface area contributed by atoms with Crippen LogP contribution in [0.2, 0.25) is 0 Å². The fourth-order valence-corrected chi connectivity index (χ4v) is 2.43. The Labute approximate surface area is 118 Å². The molecular formula is C12H12F2N4OS. The van der Waals surface area contributed by atoms with Crippen LogP contribution in [0.15, 0.2) is 36.0 Å². The van der Waals surface area contributed by atoms with E-state index < -0.39 is 17.7 Å². The predicted molar refractivity (Wildman–Crippen MR) is 70.1 cm³/mol. The van der Waals surface area contributed by atoms with Gasteiger partial charge in [0.2, 0.25) is 5.16 Å². The van der Waals surface area contributed by atoms with Crippen molar-refractivity contribution in [3.8, 4) is 0 Å². The van der Waals surface area contributed by atoms with E-state index in [0.29, 0.717) is 11.7 Å². The Morgan fingerprint density at radius 2 is 2.10 bits per heavy atom. The molecule has 0 saturated carbocycles. The van der Waals surface area contributed by atoms with Crippen LogP contribution in [-0.4, -0.2) is 31.1 Å². The zero-order chi connectivity index (χ0) is 14.5. The van der Waals surface area contributed by atoms with Gasteiger partial charge in [-0.1, -0.05) is 23.9 Å². The highest BCUT2D eigenvalue weighted by molar-refractivity contribution is 7.99. The number of benzene rings is 1. The molecule has 0 aliphatic carbocycles. The first-order valence-electron chi connectivity index (χ1n) is 5.75. The van der Waals surface area contributed by atoms with Crippen molar-refractivity contribution in [2.75, 3.05) is 5.75 Å². The molecule has 0 bridgehead atoms. The van der Waals surface area contributed by atoms with Gasteiger partial charge in [-0.3, -0.25) is 0 Å². The Bertz CT molecular complexity index is 585. The van der Waals surface area contributed by atoms with Crippen molar-refractivity contribution in [3.63, 3.8) is 0 Å². The first kappa shape index (κ1) is 14.6. The molecule has 0 amide bonds. The number of aromatic nitrogens is 4. The molecule has 8 heteroatoms. The summed E-state index contributed by atoms with van der Waals surface area (Å²) in [5.74, 6) is -1.51. The Morgan fingerprint density at radius 1 is 1.40 bits per heavy atom. The van der Waals surface area contributed by atoms with Crippen molar-refractivity contribution in [1.29, 1.82) is 0 Å². The van der Waals surface area contributed by atoms with Crippen LogP contribution in [0, 0.1) is 11.6 Å². The summed E-state index contributed by atoms with van der Waals surface area (Å²) < 4.78 is 28.5. The van der Waals surface area contributed by atoms with Gasteiger partial charge in [0, 0.05) is 5.75 Å². The highest BCUT2D eigenvalue weighted by atomic mass is 32.2. The molecule has 0 saturated heterocycles. The number of aliphatic hydroxyl groups is 1. The van der Waals surface area contributed by atoms with Crippen LogP contribution >= 0.6 is 11.8 Å². The molecule has 2 aromatic rings. The number of hydrogen-bond donors (Lipinski definition) is 1. The van der Waals surface area contributed by atoms with Crippen molar-refractivity contribution in [2.24, 2.45) is 0 Å². The summed E-state index contributed by atoms with van der Waals surface area (Å²) in [6.07, 6.45) is 0.336. The van der Waals surface area contributed by atoms with Gasteiger partial charge in [-0.25, -0.2) is 13.5 Å². The van der Waals surface area contributed by atoms with E-state index in [0.717, 1.165) is 23.9 Å². The Hall–Kier alpha value is -1.80. The largest absolute Gasteiger partial charge is 0.387 e. The quantitative estimate of drug-likeness (QED) is 0.652. The third kappa shape index (κ3) is 3.20. The third-order valence-electron chi connectivity index (χ3n) is 2.50. The average molecular weight is 298 g/mol. The second-order valence-corrected chi connectivity index (χ2v) is 4.88. The molecule has 1 atom stereocenters. The van der Waals surface area contributed by atoms with E-state index in [1.54, 1.807) is 6.08 Å². The van der Waals surface area contributed by atoms with E-state index in [2.05, 4.69) is 22.1 Å². The number of nitrogens with zero attached hydrogens (tertiary/aromatic N) is 4. The van der Waals surface area contributed by atoms with Gasteiger partial charge in [0.25, 0.3) is 0 Å². The van der Waals surface area contributed by atoms with Crippen LogP contribution in [0.4, 0.5) is 8.78 Å². The maximum absolute atomic E-state index is 13.5. The lowest BCUT2D eigenvalue weighted by Gasteiger charge is -2.12. The highest BCUT2D eigenvalue weighted by Crippen LogP contribution is 2.26.